The minimum absolute atomic E-state index is 0.124. The summed E-state index contributed by atoms with van der Waals surface area (Å²) >= 11 is 0. The molecule has 18 heavy (non-hydrogen) atoms. The lowest BCUT2D eigenvalue weighted by molar-refractivity contribution is 0.104. The van der Waals surface area contributed by atoms with Crippen molar-refractivity contribution in [3.63, 3.8) is 0 Å². The SMILES string of the molecule is CCc1nn(C)c(NCC2CCCC(O)C2)c1N. The van der Waals surface area contributed by atoms with Crippen molar-refractivity contribution < 1.29 is 5.11 Å². The van der Waals surface area contributed by atoms with Gasteiger partial charge in [-0.1, -0.05) is 13.3 Å². The number of hydrogen-bond donors (Lipinski definition) is 3. The van der Waals surface area contributed by atoms with E-state index in [9.17, 15) is 5.11 Å². The van der Waals surface area contributed by atoms with Gasteiger partial charge in [0.2, 0.25) is 0 Å². The van der Waals surface area contributed by atoms with Gasteiger partial charge >= 0.3 is 0 Å². The summed E-state index contributed by atoms with van der Waals surface area (Å²) in [4.78, 5) is 0. The number of nitrogens with zero attached hydrogens (tertiary/aromatic N) is 2. The highest BCUT2D eigenvalue weighted by Gasteiger charge is 2.21. The van der Waals surface area contributed by atoms with Gasteiger partial charge in [0.1, 0.15) is 5.82 Å². The summed E-state index contributed by atoms with van der Waals surface area (Å²) in [6.45, 7) is 2.92. The Kier molecular flexibility index (Phi) is 4.11. The molecule has 0 bridgehead atoms. The van der Waals surface area contributed by atoms with Crippen LogP contribution in [0.3, 0.4) is 0 Å². The van der Waals surface area contributed by atoms with Gasteiger partial charge in [-0.3, -0.25) is 4.68 Å². The molecule has 4 N–H and O–H groups in total. The number of aromatic nitrogens is 2. The van der Waals surface area contributed by atoms with Crippen LogP contribution in [0.1, 0.15) is 38.3 Å². The minimum atomic E-state index is -0.124. The number of aryl methyl sites for hydroxylation is 2. The molecule has 102 valence electrons. The summed E-state index contributed by atoms with van der Waals surface area (Å²) in [7, 11) is 1.91. The van der Waals surface area contributed by atoms with E-state index in [2.05, 4.69) is 17.3 Å². The lowest BCUT2D eigenvalue weighted by atomic mass is 9.87. The monoisotopic (exact) mass is 252 g/mol. The molecule has 1 fully saturated rings. The number of aliphatic hydroxyl groups is 1. The molecule has 0 spiro atoms. The zero-order chi connectivity index (χ0) is 13.1. The van der Waals surface area contributed by atoms with Crippen LogP contribution < -0.4 is 11.1 Å². The van der Waals surface area contributed by atoms with Crippen LogP contribution in [-0.2, 0) is 13.5 Å². The van der Waals surface area contributed by atoms with Crippen LogP contribution in [0.2, 0.25) is 0 Å². The van der Waals surface area contributed by atoms with E-state index in [0.717, 1.165) is 49.4 Å². The molecule has 0 saturated heterocycles. The van der Waals surface area contributed by atoms with Crippen molar-refractivity contribution in [1.29, 1.82) is 0 Å². The van der Waals surface area contributed by atoms with Gasteiger partial charge in [-0.25, -0.2) is 0 Å². The van der Waals surface area contributed by atoms with Crippen molar-refractivity contribution in [1.82, 2.24) is 9.78 Å². The fraction of sp³-hybridized carbons (Fsp3) is 0.769. The Bertz CT molecular complexity index is 402. The van der Waals surface area contributed by atoms with E-state index >= 15 is 0 Å². The van der Waals surface area contributed by atoms with Crippen molar-refractivity contribution in [2.24, 2.45) is 13.0 Å². The minimum Gasteiger partial charge on any atom is -0.394 e. The fourth-order valence-electron chi connectivity index (χ4n) is 2.76. The predicted octanol–water partition coefficient (Wildman–Crippen LogP) is 1.53. The van der Waals surface area contributed by atoms with Crippen molar-refractivity contribution >= 4 is 11.5 Å². The molecule has 1 aliphatic carbocycles. The quantitative estimate of drug-likeness (QED) is 0.759. The second-order valence-electron chi connectivity index (χ2n) is 5.25. The highest BCUT2D eigenvalue weighted by Crippen LogP contribution is 2.27. The maximum atomic E-state index is 9.66. The molecule has 1 aromatic rings. The Labute approximate surface area is 108 Å². The maximum absolute atomic E-state index is 9.66. The molecule has 2 rings (SSSR count). The van der Waals surface area contributed by atoms with E-state index in [0.29, 0.717) is 5.92 Å². The summed E-state index contributed by atoms with van der Waals surface area (Å²) in [5, 5.41) is 17.4. The lowest BCUT2D eigenvalue weighted by Gasteiger charge is -2.26. The zero-order valence-electron chi connectivity index (χ0n) is 11.3. The van der Waals surface area contributed by atoms with Crippen molar-refractivity contribution in [3.8, 4) is 0 Å². The number of aliphatic hydroxyl groups excluding tert-OH is 1. The molecule has 0 radical (unpaired) electrons. The molecule has 1 heterocycles. The van der Waals surface area contributed by atoms with Gasteiger partial charge < -0.3 is 16.2 Å². The first-order chi connectivity index (χ1) is 8.61. The Morgan fingerprint density at radius 1 is 1.50 bits per heavy atom. The van der Waals surface area contributed by atoms with Crippen LogP contribution >= 0.6 is 0 Å². The zero-order valence-corrected chi connectivity index (χ0v) is 11.3. The third-order valence-electron chi connectivity index (χ3n) is 3.81. The van der Waals surface area contributed by atoms with Gasteiger partial charge in [0, 0.05) is 13.6 Å². The van der Waals surface area contributed by atoms with Gasteiger partial charge in [0.15, 0.2) is 0 Å². The molecule has 5 nitrogen and oxygen atoms in total. The summed E-state index contributed by atoms with van der Waals surface area (Å²) < 4.78 is 1.81. The van der Waals surface area contributed by atoms with E-state index in [-0.39, 0.29) is 6.10 Å². The largest absolute Gasteiger partial charge is 0.394 e. The summed E-state index contributed by atoms with van der Waals surface area (Å²) in [5.74, 6) is 1.44. The van der Waals surface area contributed by atoms with Gasteiger partial charge in [0.25, 0.3) is 0 Å². The highest BCUT2D eigenvalue weighted by atomic mass is 16.3. The normalized spacial score (nSPS) is 24.2. The lowest BCUT2D eigenvalue weighted by Crippen LogP contribution is -2.25. The van der Waals surface area contributed by atoms with Crippen molar-refractivity contribution in [2.45, 2.75) is 45.1 Å². The number of nitrogens with one attached hydrogen (secondary N) is 1. The second-order valence-corrected chi connectivity index (χ2v) is 5.25. The number of nitrogens with two attached hydrogens (primary N) is 1. The van der Waals surface area contributed by atoms with E-state index in [1.807, 2.05) is 11.7 Å². The number of hydrogen-bond acceptors (Lipinski definition) is 4. The summed E-state index contributed by atoms with van der Waals surface area (Å²) in [6, 6.07) is 0. The van der Waals surface area contributed by atoms with E-state index in [1.165, 1.54) is 6.42 Å². The van der Waals surface area contributed by atoms with E-state index in [4.69, 9.17) is 5.73 Å². The number of anilines is 2. The van der Waals surface area contributed by atoms with Crippen LogP contribution in [0.5, 0.6) is 0 Å². The molecule has 0 aliphatic heterocycles. The first-order valence-electron chi connectivity index (χ1n) is 6.85. The van der Waals surface area contributed by atoms with Crippen LogP contribution in [0, 0.1) is 5.92 Å². The topological polar surface area (TPSA) is 76.1 Å². The maximum Gasteiger partial charge on any atom is 0.147 e. The molecular formula is C13H24N4O. The second kappa shape index (κ2) is 5.61. The van der Waals surface area contributed by atoms with Crippen LogP contribution in [0.15, 0.2) is 0 Å². The van der Waals surface area contributed by atoms with Crippen molar-refractivity contribution in [2.75, 3.05) is 17.6 Å². The Morgan fingerprint density at radius 2 is 2.28 bits per heavy atom. The van der Waals surface area contributed by atoms with E-state index in [1.54, 1.807) is 0 Å². The van der Waals surface area contributed by atoms with Gasteiger partial charge in [0.05, 0.1) is 17.5 Å². The first-order valence-corrected chi connectivity index (χ1v) is 6.85. The van der Waals surface area contributed by atoms with Crippen LogP contribution in [-0.4, -0.2) is 27.5 Å². The highest BCUT2D eigenvalue weighted by molar-refractivity contribution is 5.64. The molecule has 2 unspecified atom stereocenters. The Morgan fingerprint density at radius 3 is 2.89 bits per heavy atom. The average molecular weight is 252 g/mol. The first kappa shape index (κ1) is 13.2. The molecule has 1 saturated carbocycles. The molecular weight excluding hydrogens is 228 g/mol. The summed E-state index contributed by atoms with van der Waals surface area (Å²) in [5.41, 5.74) is 7.77. The molecule has 0 amide bonds. The number of nitrogen functional groups attached to an aromatic ring is 1. The standard InChI is InChI=1S/C13H24N4O/c1-3-11-12(14)13(17(2)16-11)15-8-9-5-4-6-10(18)7-9/h9-10,15,18H,3-8,14H2,1-2H3. The fourth-order valence-corrected chi connectivity index (χ4v) is 2.76. The molecule has 0 aromatic carbocycles. The van der Waals surface area contributed by atoms with E-state index < -0.39 is 0 Å². The number of rotatable bonds is 4. The van der Waals surface area contributed by atoms with Gasteiger partial charge in [-0.2, -0.15) is 5.10 Å². The van der Waals surface area contributed by atoms with Crippen LogP contribution in [0.25, 0.3) is 0 Å². The Hall–Kier alpha value is -1.23. The third kappa shape index (κ3) is 2.77. The molecule has 2 atom stereocenters. The average Bonchev–Trinajstić information content (AvgIpc) is 2.62. The third-order valence-corrected chi connectivity index (χ3v) is 3.81. The molecule has 1 aromatic heterocycles. The van der Waals surface area contributed by atoms with Gasteiger partial charge in [-0.05, 0) is 31.6 Å². The van der Waals surface area contributed by atoms with Crippen LogP contribution in [0.4, 0.5) is 11.5 Å². The summed E-state index contributed by atoms with van der Waals surface area (Å²) in [6.07, 6.45) is 4.87. The van der Waals surface area contributed by atoms with Crippen molar-refractivity contribution in [3.05, 3.63) is 5.69 Å². The predicted molar refractivity (Wildman–Crippen MR) is 73.5 cm³/mol. The Balaban J connectivity index is 1.95. The molecule has 1 aliphatic rings. The van der Waals surface area contributed by atoms with Gasteiger partial charge in [-0.15, -0.1) is 0 Å². The molecule has 5 heteroatoms. The smallest absolute Gasteiger partial charge is 0.147 e.